The number of esters is 1. The Balaban J connectivity index is 0. The molecule has 5 nitrogen and oxygen atoms in total. The van der Waals surface area contributed by atoms with E-state index in [1.54, 1.807) is 0 Å². The summed E-state index contributed by atoms with van der Waals surface area (Å²) in [5.74, 6) is -1.19. The number of ether oxygens (including phenoxy) is 1. The number of nitrogens with two attached hydrogens (primary N) is 1. The Hall–Kier alpha value is -1.10. The summed E-state index contributed by atoms with van der Waals surface area (Å²) in [6.07, 6.45) is 0. The zero-order chi connectivity index (χ0) is 11.9. The minimum absolute atomic E-state index is 0.225. The molecule has 0 aliphatic carbocycles. The van der Waals surface area contributed by atoms with E-state index in [4.69, 9.17) is 15.6 Å². The lowest BCUT2D eigenvalue weighted by atomic mass is 10.2. The minimum Gasteiger partial charge on any atom is -0.480 e. The van der Waals surface area contributed by atoms with E-state index in [2.05, 4.69) is 0 Å². The van der Waals surface area contributed by atoms with Gasteiger partial charge in [-0.3, -0.25) is 9.59 Å². The second-order valence-electron chi connectivity index (χ2n) is 3.83. The molecule has 0 aromatic heterocycles. The summed E-state index contributed by atoms with van der Waals surface area (Å²) in [6, 6.07) is -0.731. The van der Waals surface area contributed by atoms with Crippen LogP contribution in [0.3, 0.4) is 0 Å². The van der Waals surface area contributed by atoms with E-state index in [1.165, 1.54) is 13.8 Å². The van der Waals surface area contributed by atoms with Crippen molar-refractivity contribution in [3.63, 3.8) is 0 Å². The first kappa shape index (κ1) is 15.4. The molecule has 0 spiro atoms. The van der Waals surface area contributed by atoms with Crippen LogP contribution in [0.4, 0.5) is 0 Å². The van der Waals surface area contributed by atoms with Crippen molar-refractivity contribution in [3.05, 3.63) is 0 Å². The monoisotopic (exact) mass is 205 g/mol. The topological polar surface area (TPSA) is 89.6 Å². The van der Waals surface area contributed by atoms with Crippen LogP contribution in [-0.2, 0) is 14.3 Å². The number of carboxylic acid groups (broad SMARTS) is 1. The smallest absolute Gasteiger partial charge is 0.320 e. The minimum atomic E-state index is -0.963. The number of hydrogen-bond donors (Lipinski definition) is 2. The van der Waals surface area contributed by atoms with Gasteiger partial charge in [-0.1, -0.05) is 0 Å². The SMILES string of the molecule is CC(=O)OC(C)(C)C.C[C@H](N)C(=O)O. The molecule has 0 unspecified atom stereocenters. The zero-order valence-corrected chi connectivity index (χ0v) is 9.33. The molecular weight excluding hydrogens is 186 g/mol. The van der Waals surface area contributed by atoms with Crippen LogP contribution in [0.1, 0.15) is 34.6 Å². The third kappa shape index (κ3) is 17.1. The van der Waals surface area contributed by atoms with Crippen molar-refractivity contribution >= 4 is 11.9 Å². The van der Waals surface area contributed by atoms with Gasteiger partial charge < -0.3 is 15.6 Å². The normalized spacial score (nSPS) is 12.1. The van der Waals surface area contributed by atoms with E-state index in [1.807, 2.05) is 20.8 Å². The summed E-state index contributed by atoms with van der Waals surface area (Å²) in [5.41, 5.74) is 4.51. The third-order valence-corrected chi connectivity index (χ3v) is 0.839. The van der Waals surface area contributed by atoms with Crippen molar-refractivity contribution in [2.45, 2.75) is 46.3 Å². The van der Waals surface area contributed by atoms with Gasteiger partial charge in [0.05, 0.1) is 0 Å². The fraction of sp³-hybridized carbons (Fsp3) is 0.778. The number of carbonyl (C=O) groups excluding carboxylic acids is 1. The molecule has 0 aliphatic rings. The van der Waals surface area contributed by atoms with Gasteiger partial charge in [0.15, 0.2) is 0 Å². The van der Waals surface area contributed by atoms with Gasteiger partial charge in [-0.15, -0.1) is 0 Å². The molecule has 0 aromatic rings. The van der Waals surface area contributed by atoms with Crippen LogP contribution in [-0.4, -0.2) is 28.7 Å². The first-order valence-electron chi connectivity index (χ1n) is 4.24. The van der Waals surface area contributed by atoms with Crippen molar-refractivity contribution in [2.24, 2.45) is 5.73 Å². The van der Waals surface area contributed by atoms with E-state index in [0.717, 1.165) is 0 Å². The van der Waals surface area contributed by atoms with Gasteiger partial charge in [0.25, 0.3) is 0 Å². The molecule has 0 aliphatic heterocycles. The first-order chi connectivity index (χ1) is 6.06. The fourth-order valence-corrected chi connectivity index (χ4v) is 0.431. The lowest BCUT2D eigenvalue weighted by Gasteiger charge is -2.17. The van der Waals surface area contributed by atoms with Crippen molar-refractivity contribution in [2.75, 3.05) is 0 Å². The predicted molar refractivity (Wildman–Crippen MR) is 52.8 cm³/mol. The van der Waals surface area contributed by atoms with Gasteiger partial charge in [0.2, 0.25) is 0 Å². The third-order valence-electron chi connectivity index (χ3n) is 0.839. The highest BCUT2D eigenvalue weighted by molar-refractivity contribution is 5.72. The maximum Gasteiger partial charge on any atom is 0.320 e. The number of aliphatic carboxylic acids is 1. The fourth-order valence-electron chi connectivity index (χ4n) is 0.431. The average Bonchev–Trinajstić information content (AvgIpc) is 1.81. The average molecular weight is 205 g/mol. The van der Waals surface area contributed by atoms with E-state index in [9.17, 15) is 9.59 Å². The quantitative estimate of drug-likeness (QED) is 0.617. The maximum atomic E-state index is 10.2. The first-order valence-corrected chi connectivity index (χ1v) is 4.24. The maximum absolute atomic E-state index is 10.2. The van der Waals surface area contributed by atoms with Gasteiger partial charge in [0.1, 0.15) is 11.6 Å². The van der Waals surface area contributed by atoms with E-state index in [-0.39, 0.29) is 11.6 Å². The largest absolute Gasteiger partial charge is 0.480 e. The molecule has 0 radical (unpaired) electrons. The van der Waals surface area contributed by atoms with E-state index >= 15 is 0 Å². The Labute approximate surface area is 84.2 Å². The van der Waals surface area contributed by atoms with Gasteiger partial charge >= 0.3 is 11.9 Å². The molecule has 84 valence electrons. The molecule has 0 amide bonds. The molecule has 0 aromatic carbocycles. The molecule has 0 heterocycles. The second-order valence-corrected chi connectivity index (χ2v) is 3.83. The highest BCUT2D eigenvalue weighted by Gasteiger charge is 2.11. The molecule has 14 heavy (non-hydrogen) atoms. The Morgan fingerprint density at radius 1 is 1.36 bits per heavy atom. The Morgan fingerprint density at radius 2 is 1.64 bits per heavy atom. The summed E-state index contributed by atoms with van der Waals surface area (Å²) < 4.78 is 4.80. The van der Waals surface area contributed by atoms with Crippen molar-refractivity contribution in [1.82, 2.24) is 0 Å². The molecule has 1 atom stereocenters. The van der Waals surface area contributed by atoms with Crippen molar-refractivity contribution < 1.29 is 19.4 Å². The van der Waals surface area contributed by atoms with Crippen LogP contribution >= 0.6 is 0 Å². The van der Waals surface area contributed by atoms with Crippen LogP contribution in [0, 0.1) is 0 Å². The van der Waals surface area contributed by atoms with Crippen LogP contribution in [0.2, 0.25) is 0 Å². The van der Waals surface area contributed by atoms with E-state index < -0.39 is 12.0 Å². The lowest BCUT2D eigenvalue weighted by molar-refractivity contribution is -0.151. The number of carboxylic acids is 1. The standard InChI is InChI=1S/C6H12O2.C3H7NO2/c1-5(7)8-6(2,3)4;1-2(4)3(5)6/h1-4H3;2H,4H2,1H3,(H,5,6)/t;2-/m.0/s1. The Bertz CT molecular complexity index is 193. The molecule has 0 bridgehead atoms. The van der Waals surface area contributed by atoms with Gasteiger partial charge in [-0.2, -0.15) is 0 Å². The predicted octanol–water partition coefficient (Wildman–Crippen LogP) is 0.766. The highest BCUT2D eigenvalue weighted by Crippen LogP contribution is 2.05. The van der Waals surface area contributed by atoms with Crippen molar-refractivity contribution in [3.8, 4) is 0 Å². The van der Waals surface area contributed by atoms with Crippen LogP contribution in [0.15, 0.2) is 0 Å². The Kier molecular flexibility index (Phi) is 6.99. The summed E-state index contributed by atoms with van der Waals surface area (Å²) >= 11 is 0. The van der Waals surface area contributed by atoms with Gasteiger partial charge in [0, 0.05) is 6.92 Å². The second kappa shape index (κ2) is 6.37. The summed E-state index contributed by atoms with van der Waals surface area (Å²) in [4.78, 5) is 19.8. The molecule has 5 heteroatoms. The molecular formula is C9H19NO4. The number of hydrogen-bond acceptors (Lipinski definition) is 4. The molecule has 0 saturated carbocycles. The summed E-state index contributed by atoms with van der Waals surface area (Å²) in [5, 5.41) is 7.87. The molecule has 0 fully saturated rings. The summed E-state index contributed by atoms with van der Waals surface area (Å²) in [7, 11) is 0. The highest BCUT2D eigenvalue weighted by atomic mass is 16.6. The van der Waals surface area contributed by atoms with Crippen molar-refractivity contribution in [1.29, 1.82) is 0 Å². The lowest BCUT2D eigenvalue weighted by Crippen LogP contribution is -2.25. The van der Waals surface area contributed by atoms with Gasteiger partial charge in [-0.25, -0.2) is 0 Å². The van der Waals surface area contributed by atoms with E-state index in [0.29, 0.717) is 0 Å². The van der Waals surface area contributed by atoms with Crippen LogP contribution < -0.4 is 5.73 Å². The number of rotatable bonds is 1. The van der Waals surface area contributed by atoms with Crippen LogP contribution in [0.25, 0.3) is 0 Å². The number of carbonyl (C=O) groups is 2. The molecule has 0 rings (SSSR count). The Morgan fingerprint density at radius 3 is 1.64 bits per heavy atom. The molecule has 0 saturated heterocycles. The van der Waals surface area contributed by atoms with Gasteiger partial charge in [-0.05, 0) is 27.7 Å². The van der Waals surface area contributed by atoms with Crippen LogP contribution in [0.5, 0.6) is 0 Å². The summed E-state index contributed by atoms with van der Waals surface area (Å²) in [6.45, 7) is 8.35. The molecule has 3 N–H and O–H groups in total. The zero-order valence-electron chi connectivity index (χ0n) is 9.33.